The van der Waals surface area contributed by atoms with Crippen molar-refractivity contribution in [2.45, 2.75) is 32.6 Å². The molecule has 0 spiro atoms. The highest BCUT2D eigenvalue weighted by molar-refractivity contribution is 5.92. The summed E-state index contributed by atoms with van der Waals surface area (Å²) in [4.78, 5) is 35.5. The molecule has 1 aromatic rings. The average Bonchev–Trinajstić information content (AvgIpc) is 2.67. The molecule has 1 atom stereocenters. The molecule has 0 N–H and O–H groups in total. The molecule has 0 saturated carbocycles. The number of hydrogen-bond donors (Lipinski definition) is 0. The van der Waals surface area contributed by atoms with Crippen molar-refractivity contribution in [2.75, 3.05) is 45.2 Å². The zero-order valence-corrected chi connectivity index (χ0v) is 16.1. The lowest BCUT2D eigenvalue weighted by Crippen LogP contribution is -2.43. The molecule has 0 radical (unpaired) electrons. The maximum absolute atomic E-state index is 12.8. The van der Waals surface area contributed by atoms with E-state index in [1.54, 1.807) is 25.1 Å². The van der Waals surface area contributed by atoms with E-state index in [-0.39, 0.29) is 17.7 Å². The van der Waals surface area contributed by atoms with Crippen molar-refractivity contribution in [1.82, 2.24) is 14.8 Å². The van der Waals surface area contributed by atoms with Crippen LogP contribution in [0.5, 0.6) is 0 Å². The number of pyridine rings is 1. The van der Waals surface area contributed by atoms with E-state index in [0.29, 0.717) is 18.2 Å². The van der Waals surface area contributed by atoms with Gasteiger partial charge in [0, 0.05) is 40.3 Å². The summed E-state index contributed by atoms with van der Waals surface area (Å²) in [5, 5.41) is 0. The third-order valence-corrected chi connectivity index (χ3v) is 5.56. The van der Waals surface area contributed by atoms with Crippen molar-refractivity contribution >= 4 is 17.6 Å². The highest BCUT2D eigenvalue weighted by Gasteiger charge is 2.28. The van der Waals surface area contributed by atoms with Gasteiger partial charge < -0.3 is 14.7 Å². The van der Waals surface area contributed by atoms with E-state index in [0.717, 1.165) is 51.1 Å². The van der Waals surface area contributed by atoms with Crippen molar-refractivity contribution in [3.05, 3.63) is 23.9 Å². The van der Waals surface area contributed by atoms with Crippen molar-refractivity contribution < 1.29 is 9.59 Å². The van der Waals surface area contributed by atoms with Crippen molar-refractivity contribution in [3.63, 3.8) is 0 Å². The summed E-state index contributed by atoms with van der Waals surface area (Å²) in [5.41, 5.74) is 0.512. The summed E-state index contributed by atoms with van der Waals surface area (Å²) < 4.78 is 0. The first kappa shape index (κ1) is 18.7. The Bertz CT molecular complexity index is 653. The smallest absolute Gasteiger partial charge is 0.272 e. The Morgan fingerprint density at radius 3 is 2.54 bits per heavy atom. The predicted molar refractivity (Wildman–Crippen MR) is 102 cm³/mol. The molecule has 6 heteroatoms. The van der Waals surface area contributed by atoms with Gasteiger partial charge in [0.05, 0.1) is 5.92 Å². The van der Waals surface area contributed by atoms with Crippen LogP contribution in [0.25, 0.3) is 0 Å². The number of carbonyl (C=O) groups excluding carboxylic acids is 2. The van der Waals surface area contributed by atoms with Gasteiger partial charge in [-0.25, -0.2) is 4.98 Å². The van der Waals surface area contributed by atoms with Crippen LogP contribution in [-0.2, 0) is 4.79 Å². The molecular weight excluding hydrogens is 328 g/mol. The van der Waals surface area contributed by atoms with Gasteiger partial charge in [0.2, 0.25) is 5.91 Å². The summed E-state index contributed by atoms with van der Waals surface area (Å²) in [7, 11) is 3.61. The summed E-state index contributed by atoms with van der Waals surface area (Å²) in [6.07, 6.45) is 4.00. The van der Waals surface area contributed by atoms with E-state index in [4.69, 9.17) is 0 Å². The Balaban J connectivity index is 1.70. The van der Waals surface area contributed by atoms with Gasteiger partial charge in [-0.1, -0.05) is 13.0 Å². The van der Waals surface area contributed by atoms with Crippen molar-refractivity contribution in [1.29, 1.82) is 0 Å². The van der Waals surface area contributed by atoms with Gasteiger partial charge in [-0.3, -0.25) is 9.59 Å². The summed E-state index contributed by atoms with van der Waals surface area (Å²) >= 11 is 0. The first-order valence-corrected chi connectivity index (χ1v) is 9.68. The number of rotatable bonds is 3. The van der Waals surface area contributed by atoms with E-state index in [2.05, 4.69) is 16.8 Å². The second-order valence-corrected chi connectivity index (χ2v) is 7.87. The molecule has 3 rings (SSSR count). The van der Waals surface area contributed by atoms with Gasteiger partial charge in [-0.2, -0.15) is 0 Å². The van der Waals surface area contributed by atoms with Crippen molar-refractivity contribution in [2.24, 2.45) is 11.8 Å². The lowest BCUT2D eigenvalue weighted by molar-refractivity contribution is -0.133. The van der Waals surface area contributed by atoms with Crippen LogP contribution >= 0.6 is 0 Å². The van der Waals surface area contributed by atoms with Crippen LogP contribution in [-0.4, -0.2) is 66.9 Å². The van der Waals surface area contributed by atoms with Gasteiger partial charge >= 0.3 is 0 Å². The van der Waals surface area contributed by atoms with Crippen LogP contribution in [0, 0.1) is 11.8 Å². The van der Waals surface area contributed by atoms with E-state index in [1.807, 2.05) is 17.0 Å². The molecule has 3 heterocycles. The van der Waals surface area contributed by atoms with E-state index < -0.39 is 0 Å². The van der Waals surface area contributed by atoms with Crippen LogP contribution in [0.1, 0.15) is 43.1 Å². The van der Waals surface area contributed by atoms with Crippen LogP contribution in [0.4, 0.5) is 5.82 Å². The minimum atomic E-state index is 0.00323. The zero-order chi connectivity index (χ0) is 18.7. The van der Waals surface area contributed by atoms with Crippen LogP contribution in [0.15, 0.2) is 18.2 Å². The average molecular weight is 358 g/mol. The summed E-state index contributed by atoms with van der Waals surface area (Å²) in [6.45, 7) is 5.42. The standard InChI is InChI=1S/C20H30N4O2/c1-15-9-12-23(13-10-15)20(26)17-7-4-8-18(21-17)24-11-5-6-16(14-24)19(25)22(2)3/h4,7-8,15-16H,5-6,9-14H2,1-3H3/t16-/m0/s1. The number of piperidine rings is 2. The molecule has 2 amide bonds. The minimum Gasteiger partial charge on any atom is -0.356 e. The number of hydrogen-bond acceptors (Lipinski definition) is 4. The van der Waals surface area contributed by atoms with Gasteiger partial charge in [0.15, 0.2) is 0 Å². The Morgan fingerprint density at radius 1 is 1.12 bits per heavy atom. The number of likely N-dealkylation sites (tertiary alicyclic amines) is 1. The molecule has 2 aliphatic rings. The fourth-order valence-corrected chi connectivity index (χ4v) is 3.84. The quantitative estimate of drug-likeness (QED) is 0.832. The molecule has 0 bridgehead atoms. The zero-order valence-electron chi connectivity index (χ0n) is 16.1. The lowest BCUT2D eigenvalue weighted by atomic mass is 9.96. The second kappa shape index (κ2) is 8.06. The van der Waals surface area contributed by atoms with Crippen LogP contribution < -0.4 is 4.90 Å². The lowest BCUT2D eigenvalue weighted by Gasteiger charge is -2.34. The Kier molecular flexibility index (Phi) is 5.79. The molecule has 0 unspecified atom stereocenters. The van der Waals surface area contributed by atoms with Gasteiger partial charge in [0.25, 0.3) is 5.91 Å². The molecule has 6 nitrogen and oxygen atoms in total. The van der Waals surface area contributed by atoms with Gasteiger partial charge in [-0.15, -0.1) is 0 Å². The van der Waals surface area contributed by atoms with E-state index >= 15 is 0 Å². The molecular formula is C20H30N4O2. The summed E-state index contributed by atoms with van der Waals surface area (Å²) in [6, 6.07) is 5.65. The van der Waals surface area contributed by atoms with E-state index in [9.17, 15) is 9.59 Å². The number of aromatic nitrogens is 1. The van der Waals surface area contributed by atoms with Crippen LogP contribution in [0.2, 0.25) is 0 Å². The van der Waals surface area contributed by atoms with Gasteiger partial charge in [-0.05, 0) is 43.7 Å². The molecule has 1 aromatic heterocycles. The predicted octanol–water partition coefficient (Wildman–Crippen LogP) is 2.26. The fraction of sp³-hybridized carbons (Fsp3) is 0.650. The molecule has 0 aliphatic carbocycles. The molecule has 2 fully saturated rings. The third-order valence-electron chi connectivity index (χ3n) is 5.56. The number of anilines is 1. The maximum atomic E-state index is 12.8. The van der Waals surface area contributed by atoms with Crippen molar-refractivity contribution in [3.8, 4) is 0 Å². The Morgan fingerprint density at radius 2 is 1.85 bits per heavy atom. The topological polar surface area (TPSA) is 56.8 Å². The number of nitrogens with zero attached hydrogens (tertiary/aromatic N) is 4. The number of carbonyl (C=O) groups is 2. The van der Waals surface area contributed by atoms with E-state index in [1.165, 1.54) is 0 Å². The molecule has 0 aromatic carbocycles. The minimum absolute atomic E-state index is 0.00323. The second-order valence-electron chi connectivity index (χ2n) is 7.87. The Hall–Kier alpha value is -2.11. The normalized spacial score (nSPS) is 21.6. The number of amides is 2. The monoisotopic (exact) mass is 358 g/mol. The molecule has 26 heavy (non-hydrogen) atoms. The molecule has 2 saturated heterocycles. The SMILES string of the molecule is CC1CCN(C(=O)c2cccc(N3CCC[C@H](C(=O)N(C)C)C3)n2)CC1. The highest BCUT2D eigenvalue weighted by Crippen LogP contribution is 2.24. The van der Waals surface area contributed by atoms with Crippen LogP contribution in [0.3, 0.4) is 0 Å². The highest BCUT2D eigenvalue weighted by atomic mass is 16.2. The summed E-state index contributed by atoms with van der Waals surface area (Å²) in [5.74, 6) is 1.69. The molecule has 142 valence electrons. The largest absolute Gasteiger partial charge is 0.356 e. The third kappa shape index (κ3) is 4.17. The first-order valence-electron chi connectivity index (χ1n) is 9.68. The first-order chi connectivity index (χ1) is 12.5. The fourth-order valence-electron chi connectivity index (χ4n) is 3.84. The maximum Gasteiger partial charge on any atom is 0.272 e. The Labute approximate surface area is 156 Å². The molecule has 2 aliphatic heterocycles. The van der Waals surface area contributed by atoms with Gasteiger partial charge in [0.1, 0.15) is 11.5 Å².